The standard InChI is InChI=1S/C8H16O3.Sb.2H/c9-7-5-3-1-2-4-6-8(10)11;;;/h9H,1-7H2,(H,10,11);;;/q;+1;;/p-1. The Labute approximate surface area is 87.5 Å². The summed E-state index contributed by atoms with van der Waals surface area (Å²) in [5, 5.41) is 8.48. The Balaban J connectivity index is 2.95. The fourth-order valence-electron chi connectivity index (χ4n) is 0.970. The predicted octanol–water partition coefficient (Wildman–Crippen LogP) is 0.411. The third-order valence-electron chi connectivity index (χ3n) is 1.67. The van der Waals surface area contributed by atoms with Crippen LogP contribution in [0.5, 0.6) is 0 Å². The summed E-state index contributed by atoms with van der Waals surface area (Å²) in [4.78, 5) is 10.7. The number of rotatable bonds is 7. The summed E-state index contributed by atoms with van der Waals surface area (Å²) >= 11 is 0.568. The molecule has 0 rings (SSSR count). The van der Waals surface area contributed by atoms with Crippen molar-refractivity contribution in [3.05, 3.63) is 0 Å². The first kappa shape index (κ1) is 12.2. The second-order valence-electron chi connectivity index (χ2n) is 2.73. The van der Waals surface area contributed by atoms with E-state index in [0.717, 1.165) is 32.1 Å². The number of carbonyl (C=O) groups is 1. The van der Waals surface area contributed by atoms with Crippen molar-refractivity contribution < 1.29 is 12.9 Å². The van der Waals surface area contributed by atoms with Crippen LogP contribution in [0.2, 0.25) is 0 Å². The number of unbranched alkanes of at least 4 members (excludes halogenated alkanes) is 4. The van der Waals surface area contributed by atoms with Crippen molar-refractivity contribution in [2.75, 3.05) is 6.61 Å². The van der Waals surface area contributed by atoms with E-state index in [9.17, 15) is 4.79 Å². The first-order valence-electron chi connectivity index (χ1n) is 4.31. The molecule has 1 N–H and O–H groups in total. The summed E-state index contributed by atoms with van der Waals surface area (Å²) in [6.07, 6.45) is 5.59. The van der Waals surface area contributed by atoms with Gasteiger partial charge in [-0.3, -0.25) is 0 Å². The molecule has 0 aliphatic rings. The van der Waals surface area contributed by atoms with E-state index in [0.29, 0.717) is 29.9 Å². The average molecular weight is 283 g/mol. The van der Waals surface area contributed by atoms with Gasteiger partial charge in [0, 0.05) is 0 Å². The Morgan fingerprint density at radius 1 is 1.17 bits per heavy atom. The molecule has 0 fully saturated rings. The Bertz CT molecular complexity index is 117. The van der Waals surface area contributed by atoms with Gasteiger partial charge in [0.25, 0.3) is 0 Å². The topological polar surface area (TPSA) is 46.5 Å². The average Bonchev–Trinajstić information content (AvgIpc) is 2.10. The van der Waals surface area contributed by atoms with Gasteiger partial charge in [-0.05, 0) is 0 Å². The van der Waals surface area contributed by atoms with E-state index in [4.69, 9.17) is 5.11 Å². The molecule has 0 saturated carbocycles. The second kappa shape index (κ2) is 9.34. The molecule has 0 aliphatic carbocycles. The first-order chi connectivity index (χ1) is 5.81. The Morgan fingerprint density at radius 2 is 1.75 bits per heavy atom. The summed E-state index contributed by atoms with van der Waals surface area (Å²) in [6.45, 7) is 0.280. The molecule has 12 heavy (non-hydrogen) atoms. The normalized spacial score (nSPS) is 9.83. The number of hydrogen-bond donors (Lipinski definition) is 1. The third-order valence-corrected chi connectivity index (χ3v) is 2.42. The molecular formula is C8H17O3Sb. The molecule has 0 amide bonds. The van der Waals surface area contributed by atoms with Crippen LogP contribution in [0.1, 0.15) is 38.5 Å². The van der Waals surface area contributed by atoms with Crippen LogP contribution in [0.3, 0.4) is 0 Å². The second-order valence-corrected chi connectivity index (χ2v) is 3.40. The first-order valence-corrected chi connectivity index (χ1v) is 5.66. The Kier molecular flexibility index (Phi) is 9.53. The zero-order valence-electron chi connectivity index (χ0n) is 7.29. The van der Waals surface area contributed by atoms with Gasteiger partial charge in [0.15, 0.2) is 0 Å². The van der Waals surface area contributed by atoms with Gasteiger partial charge < -0.3 is 0 Å². The van der Waals surface area contributed by atoms with Crippen LogP contribution in [-0.4, -0.2) is 41.1 Å². The number of carbonyl (C=O) groups excluding carboxylic acids is 1. The van der Waals surface area contributed by atoms with Crippen LogP contribution >= 0.6 is 0 Å². The number of aliphatic hydroxyl groups is 1. The van der Waals surface area contributed by atoms with Crippen molar-refractivity contribution in [1.82, 2.24) is 0 Å². The van der Waals surface area contributed by atoms with Gasteiger partial charge in [-0.25, -0.2) is 0 Å². The van der Waals surface area contributed by atoms with Crippen LogP contribution in [0.15, 0.2) is 0 Å². The molecule has 0 saturated heterocycles. The fourth-order valence-corrected chi connectivity index (χ4v) is 1.31. The van der Waals surface area contributed by atoms with Crippen LogP contribution in [0, 0.1) is 0 Å². The summed E-state index contributed by atoms with van der Waals surface area (Å²) in [5.41, 5.74) is 0. The molecule has 0 aromatic carbocycles. The molecule has 0 heterocycles. The van der Waals surface area contributed by atoms with E-state index in [-0.39, 0.29) is 12.6 Å². The molecule has 0 radical (unpaired) electrons. The van der Waals surface area contributed by atoms with Gasteiger partial charge >= 0.3 is 87.5 Å². The van der Waals surface area contributed by atoms with Crippen LogP contribution in [-0.2, 0) is 7.81 Å². The van der Waals surface area contributed by atoms with E-state index < -0.39 is 0 Å². The monoisotopic (exact) mass is 282 g/mol. The van der Waals surface area contributed by atoms with Crippen molar-refractivity contribution in [3.8, 4) is 0 Å². The summed E-state index contributed by atoms with van der Waals surface area (Å²) < 4.78 is 4.63. The summed E-state index contributed by atoms with van der Waals surface area (Å²) in [7, 11) is 0. The van der Waals surface area contributed by atoms with E-state index >= 15 is 0 Å². The van der Waals surface area contributed by atoms with Crippen molar-refractivity contribution in [1.29, 1.82) is 0 Å². The number of hydrogen-bond acceptors (Lipinski definition) is 3. The van der Waals surface area contributed by atoms with Crippen LogP contribution < -0.4 is 0 Å². The molecule has 0 bridgehead atoms. The van der Waals surface area contributed by atoms with Gasteiger partial charge in [-0.2, -0.15) is 0 Å². The molecule has 3 nitrogen and oxygen atoms in total. The summed E-state index contributed by atoms with van der Waals surface area (Å²) in [6, 6.07) is 0. The van der Waals surface area contributed by atoms with Gasteiger partial charge in [0.1, 0.15) is 0 Å². The van der Waals surface area contributed by atoms with E-state index in [1.54, 1.807) is 0 Å². The van der Waals surface area contributed by atoms with E-state index in [1.165, 1.54) is 0 Å². The maximum atomic E-state index is 10.7. The SMILES string of the molecule is O=C(CCCCCCCO)[O][SbH2]. The zero-order chi connectivity index (χ0) is 9.23. The van der Waals surface area contributed by atoms with Gasteiger partial charge in [-0.15, -0.1) is 0 Å². The fraction of sp³-hybridized carbons (Fsp3) is 0.875. The third kappa shape index (κ3) is 8.35. The van der Waals surface area contributed by atoms with Crippen molar-refractivity contribution in [3.63, 3.8) is 0 Å². The molecule has 0 aromatic rings. The van der Waals surface area contributed by atoms with Crippen LogP contribution in [0.25, 0.3) is 0 Å². The maximum absolute atomic E-state index is 10.7. The molecular weight excluding hydrogens is 266 g/mol. The summed E-state index contributed by atoms with van der Waals surface area (Å²) in [5.74, 6) is -0.0699. The molecule has 4 heteroatoms. The molecule has 0 aromatic heterocycles. The van der Waals surface area contributed by atoms with Crippen molar-refractivity contribution in [2.45, 2.75) is 38.5 Å². The minimum atomic E-state index is -0.0699. The quantitative estimate of drug-likeness (QED) is 0.544. The van der Waals surface area contributed by atoms with Gasteiger partial charge in [0.05, 0.1) is 0 Å². The molecule has 72 valence electrons. The molecule has 0 spiro atoms. The Hall–Kier alpha value is 0.248. The van der Waals surface area contributed by atoms with Crippen molar-refractivity contribution in [2.24, 2.45) is 0 Å². The Morgan fingerprint density at radius 3 is 2.33 bits per heavy atom. The molecule has 0 atom stereocenters. The predicted molar refractivity (Wildman–Crippen MR) is 49.4 cm³/mol. The van der Waals surface area contributed by atoms with Crippen molar-refractivity contribution >= 4 is 29.4 Å². The van der Waals surface area contributed by atoms with Crippen LogP contribution in [0.4, 0.5) is 0 Å². The molecule has 0 aliphatic heterocycles. The van der Waals surface area contributed by atoms with Gasteiger partial charge in [-0.1, -0.05) is 0 Å². The number of aliphatic hydroxyl groups excluding tert-OH is 1. The van der Waals surface area contributed by atoms with Gasteiger partial charge in [0.2, 0.25) is 0 Å². The van der Waals surface area contributed by atoms with E-state index in [2.05, 4.69) is 3.02 Å². The minimum absolute atomic E-state index is 0.0699. The zero-order valence-corrected chi connectivity index (χ0v) is 10.6. The molecule has 0 unspecified atom stereocenters. The van der Waals surface area contributed by atoms with E-state index in [1.807, 2.05) is 0 Å².